The molecular weight excluding hydrogens is 518 g/mol. The van der Waals surface area contributed by atoms with Crippen LogP contribution in [0.4, 0.5) is 5.69 Å². The quantitative estimate of drug-likeness (QED) is 0.340. The van der Waals surface area contributed by atoms with E-state index in [9.17, 15) is 13.2 Å². The summed E-state index contributed by atoms with van der Waals surface area (Å²) in [6.45, 7) is 4.90. The molecule has 0 radical (unpaired) electrons. The molecule has 0 saturated heterocycles. The number of furan rings is 1. The molecule has 0 aliphatic rings. The van der Waals surface area contributed by atoms with Crippen LogP contribution in [-0.2, 0) is 14.8 Å². The molecule has 2 aromatic carbocycles. The second-order valence-corrected chi connectivity index (χ2v) is 10.3. The molecule has 1 heterocycles. The lowest BCUT2D eigenvalue weighted by atomic mass is 10.2. The van der Waals surface area contributed by atoms with Crippen molar-refractivity contribution in [2.45, 2.75) is 25.7 Å². The number of carbonyl (C=O) groups excluding carboxylic acids is 1. The van der Waals surface area contributed by atoms with Crippen molar-refractivity contribution in [1.82, 2.24) is 5.43 Å². The number of hydrogen-bond donors (Lipinski definition) is 1. The van der Waals surface area contributed by atoms with Gasteiger partial charge in [0.05, 0.1) is 21.3 Å². The van der Waals surface area contributed by atoms with E-state index in [1.54, 1.807) is 44.2 Å². The first-order valence-corrected chi connectivity index (χ1v) is 12.1. The van der Waals surface area contributed by atoms with Crippen LogP contribution in [0.3, 0.4) is 0 Å². The number of rotatable bonds is 7. The summed E-state index contributed by atoms with van der Waals surface area (Å²) in [5.41, 5.74) is 4.22. The third kappa shape index (κ3) is 5.59. The summed E-state index contributed by atoms with van der Waals surface area (Å²) in [7, 11) is -4.05. The molecule has 0 saturated carbocycles. The smallest absolute Gasteiger partial charge is 0.264 e. The van der Waals surface area contributed by atoms with Gasteiger partial charge in [0.15, 0.2) is 0 Å². The van der Waals surface area contributed by atoms with Crippen molar-refractivity contribution < 1.29 is 17.6 Å². The van der Waals surface area contributed by atoms with Gasteiger partial charge in [-0.15, -0.1) is 0 Å². The molecule has 10 heteroatoms. The summed E-state index contributed by atoms with van der Waals surface area (Å²) >= 11 is 9.45. The number of halogens is 2. The lowest BCUT2D eigenvalue weighted by Crippen LogP contribution is -2.40. The standard InChI is InChI=1S/C22H21BrClN3O4S/c1-14-4-8-19(9-5-14)32(29,30)27(21-10-17(24)7-6-15(21)2)13-22(28)26-25-12-18-11-20(23)16(3)31-18/h4-12H,13H2,1-3H3,(H,26,28)/b25-12-. The van der Waals surface area contributed by atoms with Crippen molar-refractivity contribution in [3.05, 3.63) is 80.7 Å². The van der Waals surface area contributed by atoms with E-state index in [2.05, 4.69) is 26.5 Å². The van der Waals surface area contributed by atoms with Crippen molar-refractivity contribution in [3.63, 3.8) is 0 Å². The maximum atomic E-state index is 13.4. The summed E-state index contributed by atoms with van der Waals surface area (Å²) in [6, 6.07) is 13.0. The molecule has 1 N–H and O–H groups in total. The monoisotopic (exact) mass is 537 g/mol. The summed E-state index contributed by atoms with van der Waals surface area (Å²) in [4.78, 5) is 12.7. The fraction of sp³-hybridized carbons (Fsp3) is 0.182. The van der Waals surface area contributed by atoms with Crippen LogP contribution in [0.25, 0.3) is 0 Å². The maximum absolute atomic E-state index is 13.4. The normalized spacial score (nSPS) is 11.7. The average Bonchev–Trinajstić information content (AvgIpc) is 3.05. The van der Waals surface area contributed by atoms with Crippen LogP contribution in [0.1, 0.15) is 22.6 Å². The summed E-state index contributed by atoms with van der Waals surface area (Å²) < 4.78 is 34.1. The van der Waals surface area contributed by atoms with Crippen LogP contribution >= 0.6 is 27.5 Å². The molecule has 0 bridgehead atoms. The van der Waals surface area contributed by atoms with E-state index < -0.39 is 22.5 Å². The van der Waals surface area contributed by atoms with Gasteiger partial charge >= 0.3 is 0 Å². The molecule has 0 atom stereocenters. The molecule has 0 fully saturated rings. The van der Waals surface area contributed by atoms with Gasteiger partial charge in [-0.3, -0.25) is 9.10 Å². The summed E-state index contributed by atoms with van der Waals surface area (Å²) in [5, 5.41) is 4.22. The Labute approximate surface area is 200 Å². The fourth-order valence-corrected chi connectivity index (χ4v) is 4.82. The van der Waals surface area contributed by atoms with E-state index in [-0.39, 0.29) is 4.90 Å². The number of nitrogens with one attached hydrogen (secondary N) is 1. The van der Waals surface area contributed by atoms with Gasteiger partial charge in [0, 0.05) is 11.1 Å². The number of nitrogens with zero attached hydrogens (tertiary/aromatic N) is 2. The Hall–Kier alpha value is -2.62. The molecule has 0 aliphatic carbocycles. The minimum absolute atomic E-state index is 0.0645. The molecular formula is C22H21BrClN3O4S. The first-order chi connectivity index (χ1) is 15.1. The second kappa shape index (κ2) is 9.89. The number of carbonyl (C=O) groups is 1. The van der Waals surface area contributed by atoms with Gasteiger partial charge in [-0.2, -0.15) is 5.10 Å². The van der Waals surface area contributed by atoms with Crippen molar-refractivity contribution in [2.24, 2.45) is 5.10 Å². The van der Waals surface area contributed by atoms with Crippen LogP contribution in [0, 0.1) is 20.8 Å². The van der Waals surface area contributed by atoms with Gasteiger partial charge in [-0.1, -0.05) is 35.4 Å². The molecule has 3 aromatic rings. The largest absolute Gasteiger partial charge is 0.459 e. The van der Waals surface area contributed by atoms with E-state index in [1.165, 1.54) is 24.4 Å². The predicted molar refractivity (Wildman–Crippen MR) is 129 cm³/mol. The van der Waals surface area contributed by atoms with Gasteiger partial charge < -0.3 is 4.42 Å². The molecule has 3 rings (SSSR count). The molecule has 0 aliphatic heterocycles. The predicted octanol–water partition coefficient (Wildman–Crippen LogP) is 4.97. The third-order valence-corrected chi connectivity index (χ3v) is 7.39. The van der Waals surface area contributed by atoms with Crippen LogP contribution < -0.4 is 9.73 Å². The summed E-state index contributed by atoms with van der Waals surface area (Å²) in [6.07, 6.45) is 1.33. The number of anilines is 1. The molecule has 32 heavy (non-hydrogen) atoms. The Balaban J connectivity index is 1.89. The van der Waals surface area contributed by atoms with Crippen LogP contribution in [0.2, 0.25) is 5.02 Å². The fourth-order valence-electron chi connectivity index (χ4n) is 2.87. The number of amides is 1. The van der Waals surface area contributed by atoms with Gasteiger partial charge in [-0.25, -0.2) is 13.8 Å². The highest BCUT2D eigenvalue weighted by Crippen LogP contribution is 2.29. The molecule has 7 nitrogen and oxygen atoms in total. The molecule has 1 aromatic heterocycles. The maximum Gasteiger partial charge on any atom is 0.264 e. The SMILES string of the molecule is Cc1ccc(S(=O)(=O)N(CC(=O)N/N=C\c2cc(Br)c(C)o2)c2cc(Cl)ccc2C)cc1. The number of sulfonamides is 1. The zero-order valence-corrected chi connectivity index (χ0v) is 20.8. The minimum atomic E-state index is -4.05. The van der Waals surface area contributed by atoms with Gasteiger partial charge in [0.25, 0.3) is 15.9 Å². The Bertz CT molecular complexity index is 1250. The van der Waals surface area contributed by atoms with Crippen molar-refractivity contribution >= 4 is 55.4 Å². The Morgan fingerprint density at radius 1 is 1.16 bits per heavy atom. The Kier molecular flexibility index (Phi) is 7.43. The van der Waals surface area contributed by atoms with Crippen molar-refractivity contribution in [3.8, 4) is 0 Å². The highest BCUT2D eigenvalue weighted by atomic mass is 79.9. The first kappa shape index (κ1) is 24.0. The lowest BCUT2D eigenvalue weighted by Gasteiger charge is -2.25. The lowest BCUT2D eigenvalue weighted by molar-refractivity contribution is -0.119. The number of hydrogen-bond acceptors (Lipinski definition) is 5. The van der Waals surface area contributed by atoms with E-state index in [1.807, 2.05) is 6.92 Å². The number of hydrazone groups is 1. The second-order valence-electron chi connectivity index (χ2n) is 7.10. The van der Waals surface area contributed by atoms with Crippen molar-refractivity contribution in [2.75, 3.05) is 10.8 Å². The van der Waals surface area contributed by atoms with E-state index in [0.29, 0.717) is 27.8 Å². The minimum Gasteiger partial charge on any atom is -0.459 e. The molecule has 1 amide bonds. The van der Waals surface area contributed by atoms with Gasteiger partial charge in [0.1, 0.15) is 18.1 Å². The highest BCUT2D eigenvalue weighted by Gasteiger charge is 2.28. The van der Waals surface area contributed by atoms with Crippen molar-refractivity contribution in [1.29, 1.82) is 0 Å². The van der Waals surface area contributed by atoms with E-state index >= 15 is 0 Å². The van der Waals surface area contributed by atoms with Crippen LogP contribution in [-0.4, -0.2) is 27.1 Å². The topological polar surface area (TPSA) is 92.0 Å². The van der Waals surface area contributed by atoms with Crippen LogP contribution in [0.5, 0.6) is 0 Å². The Morgan fingerprint density at radius 3 is 2.47 bits per heavy atom. The van der Waals surface area contributed by atoms with Gasteiger partial charge in [-0.05, 0) is 66.5 Å². The highest BCUT2D eigenvalue weighted by molar-refractivity contribution is 9.10. The first-order valence-electron chi connectivity index (χ1n) is 9.51. The molecule has 0 unspecified atom stereocenters. The van der Waals surface area contributed by atoms with E-state index in [4.69, 9.17) is 16.0 Å². The zero-order chi connectivity index (χ0) is 23.5. The molecule has 0 spiro atoms. The van der Waals surface area contributed by atoms with E-state index in [0.717, 1.165) is 14.3 Å². The molecule has 168 valence electrons. The summed E-state index contributed by atoms with van der Waals surface area (Å²) in [5.74, 6) is 0.479. The zero-order valence-electron chi connectivity index (χ0n) is 17.6. The third-order valence-electron chi connectivity index (χ3n) is 4.59. The average molecular weight is 539 g/mol. The Morgan fingerprint density at radius 2 is 1.84 bits per heavy atom. The van der Waals surface area contributed by atoms with Gasteiger partial charge in [0.2, 0.25) is 0 Å². The number of aryl methyl sites for hydroxylation is 3. The number of benzene rings is 2. The van der Waals surface area contributed by atoms with Crippen LogP contribution in [0.15, 0.2) is 67.4 Å².